The van der Waals surface area contributed by atoms with Gasteiger partial charge in [0.05, 0.1) is 23.6 Å². The van der Waals surface area contributed by atoms with Gasteiger partial charge < -0.3 is 4.74 Å². The first-order chi connectivity index (χ1) is 14.2. The highest BCUT2D eigenvalue weighted by Gasteiger charge is 2.29. The number of rotatable bonds is 8. The van der Waals surface area contributed by atoms with E-state index < -0.39 is 17.6 Å². The predicted molar refractivity (Wildman–Crippen MR) is 118 cm³/mol. The molecule has 162 valence electrons. The lowest BCUT2D eigenvalue weighted by Crippen LogP contribution is -2.17. The predicted octanol–water partition coefficient (Wildman–Crippen LogP) is 7.26. The van der Waals surface area contributed by atoms with E-state index in [0.717, 1.165) is 24.6 Å². The van der Waals surface area contributed by atoms with Crippen LogP contribution in [0.1, 0.15) is 93.5 Å². The van der Waals surface area contributed by atoms with Crippen molar-refractivity contribution in [1.82, 2.24) is 4.98 Å². The van der Waals surface area contributed by atoms with Crippen LogP contribution in [0.25, 0.3) is 17.2 Å². The van der Waals surface area contributed by atoms with Crippen molar-refractivity contribution in [3.63, 3.8) is 0 Å². The van der Waals surface area contributed by atoms with Crippen LogP contribution in [0, 0.1) is 11.6 Å². The van der Waals surface area contributed by atoms with Gasteiger partial charge in [0.1, 0.15) is 11.6 Å². The third-order valence-electron chi connectivity index (χ3n) is 4.81. The number of halogens is 2. The molecule has 0 amide bonds. The van der Waals surface area contributed by atoms with Gasteiger partial charge >= 0.3 is 5.97 Å². The number of allylic oxidation sites excluding steroid dienone is 1. The first-order valence-electron chi connectivity index (χ1n) is 10.6. The van der Waals surface area contributed by atoms with Crippen molar-refractivity contribution < 1.29 is 18.3 Å². The molecular formula is C25H31F2NO2. The van der Waals surface area contributed by atoms with Crippen LogP contribution in [0.3, 0.4) is 0 Å². The number of carbonyl (C=O) groups is 1. The van der Waals surface area contributed by atoms with Crippen molar-refractivity contribution in [3.05, 3.63) is 58.4 Å². The monoisotopic (exact) mass is 415 g/mol. The Balaban J connectivity index is 3.04. The summed E-state index contributed by atoms with van der Waals surface area (Å²) >= 11 is 0. The summed E-state index contributed by atoms with van der Waals surface area (Å²) in [4.78, 5) is 17.9. The number of aromatic nitrogens is 1. The fraction of sp³-hybridized carbons (Fsp3) is 0.440. The normalized spacial score (nSPS) is 11.7. The van der Waals surface area contributed by atoms with Gasteiger partial charge in [0.25, 0.3) is 0 Å². The topological polar surface area (TPSA) is 39.2 Å². The van der Waals surface area contributed by atoms with Gasteiger partial charge in [-0.15, -0.1) is 0 Å². The Kier molecular flexibility index (Phi) is 8.27. The molecule has 1 heterocycles. The van der Waals surface area contributed by atoms with Crippen molar-refractivity contribution >= 4 is 12.0 Å². The lowest BCUT2D eigenvalue weighted by Gasteiger charge is -2.23. The Morgan fingerprint density at radius 2 is 1.77 bits per heavy atom. The standard InChI is InChI=1S/C25H31F2NO2/c1-7-9-10-11-19-21(18-13-12-17(26)14-20(18)27)22(25(29)30-8-2)24(16(5)6)28-23(19)15(3)4/h10-16H,7-9H2,1-6H3. The molecule has 0 saturated carbocycles. The minimum Gasteiger partial charge on any atom is -0.462 e. The molecule has 0 spiro atoms. The van der Waals surface area contributed by atoms with Crippen LogP contribution in [0.5, 0.6) is 0 Å². The summed E-state index contributed by atoms with van der Waals surface area (Å²) in [6.45, 7) is 11.9. The van der Waals surface area contributed by atoms with Gasteiger partial charge in [-0.1, -0.05) is 53.2 Å². The quantitative estimate of drug-likeness (QED) is 0.426. The van der Waals surface area contributed by atoms with Gasteiger partial charge in [-0.25, -0.2) is 13.6 Å². The summed E-state index contributed by atoms with van der Waals surface area (Å²) in [5, 5.41) is 0. The third kappa shape index (κ3) is 5.13. The molecule has 0 aliphatic heterocycles. The smallest absolute Gasteiger partial charge is 0.340 e. The molecule has 0 bridgehead atoms. The second kappa shape index (κ2) is 10.5. The number of unbranched alkanes of at least 4 members (excludes halogenated alkanes) is 1. The number of nitrogens with zero attached hydrogens (tertiary/aromatic N) is 1. The number of esters is 1. The Bertz CT molecular complexity index is 933. The molecule has 5 heteroatoms. The first kappa shape index (κ1) is 23.7. The largest absolute Gasteiger partial charge is 0.462 e. The zero-order chi connectivity index (χ0) is 22.4. The first-order valence-corrected chi connectivity index (χ1v) is 10.6. The number of hydrogen-bond donors (Lipinski definition) is 0. The Morgan fingerprint density at radius 1 is 1.10 bits per heavy atom. The van der Waals surface area contributed by atoms with Gasteiger partial charge in [0.15, 0.2) is 0 Å². The van der Waals surface area contributed by atoms with E-state index >= 15 is 0 Å². The maximum Gasteiger partial charge on any atom is 0.340 e. The molecule has 0 unspecified atom stereocenters. The highest BCUT2D eigenvalue weighted by molar-refractivity contribution is 6.01. The van der Waals surface area contributed by atoms with Crippen LogP contribution in [0.15, 0.2) is 24.3 Å². The van der Waals surface area contributed by atoms with E-state index in [-0.39, 0.29) is 29.6 Å². The summed E-state index contributed by atoms with van der Waals surface area (Å²) < 4.78 is 33.9. The average molecular weight is 416 g/mol. The minimum absolute atomic E-state index is 0.0438. The zero-order valence-electron chi connectivity index (χ0n) is 18.7. The van der Waals surface area contributed by atoms with Crippen LogP contribution in [0.2, 0.25) is 0 Å². The van der Waals surface area contributed by atoms with Crippen molar-refractivity contribution in [1.29, 1.82) is 0 Å². The fourth-order valence-electron chi connectivity index (χ4n) is 3.41. The van der Waals surface area contributed by atoms with E-state index in [2.05, 4.69) is 6.92 Å². The lowest BCUT2D eigenvalue weighted by atomic mass is 9.86. The van der Waals surface area contributed by atoms with Gasteiger partial charge in [-0.05, 0) is 37.3 Å². The number of ether oxygens (including phenoxy) is 1. The second-order valence-electron chi connectivity index (χ2n) is 7.89. The minimum atomic E-state index is -0.721. The molecular weight excluding hydrogens is 384 g/mol. The van der Waals surface area contributed by atoms with Gasteiger partial charge in [0.2, 0.25) is 0 Å². The number of pyridine rings is 1. The zero-order valence-corrected chi connectivity index (χ0v) is 18.7. The van der Waals surface area contributed by atoms with E-state index in [0.29, 0.717) is 16.8 Å². The van der Waals surface area contributed by atoms with Gasteiger partial charge in [-0.2, -0.15) is 0 Å². The van der Waals surface area contributed by atoms with Crippen molar-refractivity contribution in [2.45, 2.75) is 66.2 Å². The summed E-state index contributed by atoms with van der Waals surface area (Å²) in [5.41, 5.74) is 2.85. The van der Waals surface area contributed by atoms with Crippen LogP contribution < -0.4 is 0 Å². The number of carbonyl (C=O) groups excluding carboxylic acids is 1. The highest BCUT2D eigenvalue weighted by atomic mass is 19.1. The maximum absolute atomic E-state index is 15.0. The third-order valence-corrected chi connectivity index (χ3v) is 4.81. The molecule has 0 atom stereocenters. The summed E-state index contributed by atoms with van der Waals surface area (Å²) in [7, 11) is 0. The molecule has 1 aromatic heterocycles. The molecule has 0 aliphatic rings. The number of hydrogen-bond acceptors (Lipinski definition) is 3. The van der Waals surface area contributed by atoms with E-state index in [1.165, 1.54) is 12.1 Å². The highest BCUT2D eigenvalue weighted by Crippen LogP contribution is 2.39. The molecule has 0 fully saturated rings. The lowest BCUT2D eigenvalue weighted by molar-refractivity contribution is 0.0525. The van der Waals surface area contributed by atoms with E-state index in [9.17, 15) is 13.6 Å². The van der Waals surface area contributed by atoms with Gasteiger partial charge in [0, 0.05) is 22.8 Å². The average Bonchev–Trinajstić information content (AvgIpc) is 2.67. The second-order valence-corrected chi connectivity index (χ2v) is 7.89. The number of benzene rings is 1. The summed E-state index contributed by atoms with van der Waals surface area (Å²) in [5.74, 6) is -1.98. The Morgan fingerprint density at radius 3 is 2.30 bits per heavy atom. The fourth-order valence-corrected chi connectivity index (χ4v) is 3.41. The van der Waals surface area contributed by atoms with Crippen LogP contribution >= 0.6 is 0 Å². The van der Waals surface area contributed by atoms with Crippen molar-refractivity contribution in [3.8, 4) is 11.1 Å². The summed E-state index contributed by atoms with van der Waals surface area (Å²) in [6.07, 6.45) is 5.69. The molecule has 0 saturated heterocycles. The van der Waals surface area contributed by atoms with Crippen LogP contribution in [0.4, 0.5) is 8.78 Å². The molecule has 2 aromatic rings. The van der Waals surface area contributed by atoms with E-state index in [1.54, 1.807) is 6.92 Å². The SMILES string of the molecule is CCCC=Cc1c(C(C)C)nc(C(C)C)c(C(=O)OCC)c1-c1ccc(F)cc1F. The summed E-state index contributed by atoms with van der Waals surface area (Å²) in [6, 6.07) is 3.43. The molecule has 1 aromatic carbocycles. The van der Waals surface area contributed by atoms with E-state index in [4.69, 9.17) is 9.72 Å². The molecule has 0 aliphatic carbocycles. The molecule has 2 rings (SSSR count). The van der Waals surface area contributed by atoms with Gasteiger partial charge in [-0.3, -0.25) is 4.98 Å². The molecule has 0 radical (unpaired) electrons. The van der Waals surface area contributed by atoms with Crippen molar-refractivity contribution in [2.75, 3.05) is 6.61 Å². The molecule has 30 heavy (non-hydrogen) atoms. The van der Waals surface area contributed by atoms with Crippen LogP contribution in [-0.2, 0) is 4.74 Å². The Labute approximate surface area is 178 Å². The molecule has 0 N–H and O–H groups in total. The van der Waals surface area contributed by atoms with Crippen molar-refractivity contribution in [2.24, 2.45) is 0 Å². The van der Waals surface area contributed by atoms with Crippen LogP contribution in [-0.4, -0.2) is 17.6 Å². The maximum atomic E-state index is 15.0. The molecule has 3 nitrogen and oxygen atoms in total. The Hall–Kier alpha value is -2.56. The van der Waals surface area contributed by atoms with E-state index in [1.807, 2.05) is 39.8 Å².